The summed E-state index contributed by atoms with van der Waals surface area (Å²) < 4.78 is 24.5. The van der Waals surface area contributed by atoms with Gasteiger partial charge in [0.15, 0.2) is 21.4 Å². The molecular weight excluding hydrogens is 300 g/mol. The number of hydrogen-bond donors (Lipinski definition) is 0. The first-order chi connectivity index (χ1) is 10.4. The van der Waals surface area contributed by atoms with Crippen LogP contribution in [0.2, 0.25) is 0 Å². The molecule has 1 aromatic carbocycles. The van der Waals surface area contributed by atoms with E-state index in [1.807, 2.05) is 0 Å². The quantitative estimate of drug-likeness (QED) is 0.737. The third-order valence-electron chi connectivity index (χ3n) is 5.28. The number of carbonyl (C=O) groups is 2. The average Bonchev–Trinajstić information content (AvgIpc) is 2.81. The predicted molar refractivity (Wildman–Crippen MR) is 81.3 cm³/mol. The number of benzene rings is 1. The summed E-state index contributed by atoms with van der Waals surface area (Å²) in [6.07, 6.45) is 0.839. The van der Waals surface area contributed by atoms with Crippen molar-refractivity contribution in [2.75, 3.05) is 5.75 Å². The number of sulfone groups is 1. The lowest BCUT2D eigenvalue weighted by molar-refractivity contribution is 0.0671. The maximum atomic E-state index is 12.9. The summed E-state index contributed by atoms with van der Waals surface area (Å²) in [5, 5.41) is 0. The first-order valence-electron chi connectivity index (χ1n) is 7.51. The molecule has 1 aromatic rings. The molecule has 0 N–H and O–H groups in total. The molecule has 5 heteroatoms. The van der Waals surface area contributed by atoms with Gasteiger partial charge in [0.05, 0.1) is 5.75 Å². The van der Waals surface area contributed by atoms with E-state index in [0.717, 1.165) is 5.57 Å². The van der Waals surface area contributed by atoms with Gasteiger partial charge in [-0.3, -0.25) is 9.59 Å². The van der Waals surface area contributed by atoms with E-state index in [1.54, 1.807) is 31.2 Å². The molecule has 0 radical (unpaired) electrons. The van der Waals surface area contributed by atoms with Crippen molar-refractivity contribution < 1.29 is 18.0 Å². The summed E-state index contributed by atoms with van der Waals surface area (Å²) in [5.74, 6) is -1.19. The van der Waals surface area contributed by atoms with Gasteiger partial charge in [-0.15, -0.1) is 0 Å². The summed E-state index contributed by atoms with van der Waals surface area (Å²) in [6, 6.07) is 6.90. The van der Waals surface area contributed by atoms with E-state index in [9.17, 15) is 18.0 Å². The van der Waals surface area contributed by atoms with Crippen LogP contribution in [0.3, 0.4) is 0 Å². The molecule has 22 heavy (non-hydrogen) atoms. The van der Waals surface area contributed by atoms with Crippen LogP contribution in [0.1, 0.15) is 40.5 Å². The van der Waals surface area contributed by atoms with Gasteiger partial charge in [-0.25, -0.2) is 8.42 Å². The Balaban J connectivity index is 1.91. The van der Waals surface area contributed by atoms with Crippen LogP contribution in [0.25, 0.3) is 0 Å². The molecule has 3 aliphatic rings. The second kappa shape index (κ2) is 4.38. The van der Waals surface area contributed by atoms with Crippen LogP contribution in [-0.2, 0) is 9.84 Å². The minimum absolute atomic E-state index is 0.0112. The molecule has 0 unspecified atom stereocenters. The molecule has 114 valence electrons. The number of hydrogen-bond acceptors (Lipinski definition) is 4. The zero-order valence-corrected chi connectivity index (χ0v) is 13.0. The first kappa shape index (κ1) is 13.9. The zero-order valence-electron chi connectivity index (χ0n) is 12.2. The lowest BCUT2D eigenvalue weighted by Crippen LogP contribution is -2.43. The Labute approximate surface area is 129 Å². The molecule has 2 aliphatic carbocycles. The highest BCUT2D eigenvalue weighted by Gasteiger charge is 2.53. The van der Waals surface area contributed by atoms with Gasteiger partial charge in [0, 0.05) is 33.8 Å². The van der Waals surface area contributed by atoms with Gasteiger partial charge in [-0.1, -0.05) is 29.8 Å². The molecule has 0 aromatic heterocycles. The fraction of sp³-hybridized carbons (Fsp3) is 0.412. The molecule has 1 aliphatic heterocycles. The lowest BCUT2D eigenvalue weighted by Gasteiger charge is -2.38. The molecular formula is C17H16O4S. The largest absolute Gasteiger partial charge is 0.294 e. The summed E-state index contributed by atoms with van der Waals surface area (Å²) in [4.78, 5) is 26.1. The van der Waals surface area contributed by atoms with Crippen molar-refractivity contribution in [1.29, 1.82) is 0 Å². The van der Waals surface area contributed by atoms with Crippen molar-refractivity contribution in [3.63, 3.8) is 0 Å². The fourth-order valence-electron chi connectivity index (χ4n) is 4.43. The number of allylic oxidation sites excluding steroid dienone is 2. The maximum Gasteiger partial charge on any atom is 0.174 e. The number of fused-ring (bicyclic) bond motifs is 4. The molecule has 3 atom stereocenters. The number of rotatable bonds is 0. The number of Topliss-reactive ketones (excluding diaryl/α,β-unsaturated/α-hetero) is 2. The Morgan fingerprint density at radius 1 is 1.00 bits per heavy atom. The first-order valence-corrected chi connectivity index (χ1v) is 9.17. The monoisotopic (exact) mass is 316 g/mol. The number of ketones is 2. The van der Waals surface area contributed by atoms with Gasteiger partial charge >= 0.3 is 0 Å². The SMILES string of the molecule is CC1=C2[C@H](CCS2(=O)=O)[C@H]2C(=O)c3ccccc3C(=O)[C@@H]2C1. The Morgan fingerprint density at radius 3 is 2.32 bits per heavy atom. The minimum atomic E-state index is -3.25. The Bertz CT molecular complexity index is 847. The van der Waals surface area contributed by atoms with Crippen LogP contribution < -0.4 is 0 Å². The standard InChI is InChI=1S/C17H16O4S/c1-9-8-13-14(12-6-7-22(20,21)17(9)12)16(19)11-5-3-2-4-10(11)15(13)18/h2-5,12-14H,6-8H2,1H3/t12-,13-,14-/m1/s1. The van der Waals surface area contributed by atoms with Crippen molar-refractivity contribution in [2.45, 2.75) is 19.8 Å². The van der Waals surface area contributed by atoms with Crippen LogP contribution in [-0.4, -0.2) is 25.7 Å². The third-order valence-corrected chi connectivity index (χ3v) is 7.38. The molecule has 0 bridgehead atoms. The maximum absolute atomic E-state index is 12.9. The van der Waals surface area contributed by atoms with E-state index >= 15 is 0 Å². The van der Waals surface area contributed by atoms with E-state index in [-0.39, 0.29) is 23.2 Å². The van der Waals surface area contributed by atoms with Gasteiger partial charge < -0.3 is 0 Å². The van der Waals surface area contributed by atoms with E-state index in [2.05, 4.69) is 0 Å². The molecule has 0 saturated carbocycles. The molecule has 0 amide bonds. The predicted octanol–water partition coefficient (Wildman–Crippen LogP) is 2.41. The summed E-state index contributed by atoms with van der Waals surface area (Å²) in [6.45, 7) is 1.79. The molecule has 4 rings (SSSR count). The van der Waals surface area contributed by atoms with Crippen LogP contribution in [0.5, 0.6) is 0 Å². The summed E-state index contributed by atoms with van der Waals surface area (Å²) >= 11 is 0. The van der Waals surface area contributed by atoms with E-state index < -0.39 is 21.7 Å². The van der Waals surface area contributed by atoms with E-state index in [0.29, 0.717) is 28.9 Å². The lowest BCUT2D eigenvalue weighted by atomic mass is 9.63. The molecule has 1 saturated heterocycles. The van der Waals surface area contributed by atoms with Crippen molar-refractivity contribution in [1.82, 2.24) is 0 Å². The number of carbonyl (C=O) groups excluding carboxylic acids is 2. The van der Waals surface area contributed by atoms with E-state index in [4.69, 9.17) is 0 Å². The van der Waals surface area contributed by atoms with Crippen molar-refractivity contribution in [2.24, 2.45) is 17.8 Å². The summed E-state index contributed by atoms with van der Waals surface area (Å²) in [5.41, 5.74) is 1.71. The van der Waals surface area contributed by atoms with Gasteiger partial charge in [0.25, 0.3) is 0 Å². The smallest absolute Gasteiger partial charge is 0.174 e. The highest BCUT2D eigenvalue weighted by Crippen LogP contribution is 2.51. The van der Waals surface area contributed by atoms with Gasteiger partial charge in [0.2, 0.25) is 0 Å². The zero-order chi connectivity index (χ0) is 15.6. The van der Waals surface area contributed by atoms with Crippen molar-refractivity contribution >= 4 is 21.4 Å². The van der Waals surface area contributed by atoms with Crippen LogP contribution in [0.15, 0.2) is 34.7 Å². The van der Waals surface area contributed by atoms with Crippen LogP contribution >= 0.6 is 0 Å². The second-order valence-electron chi connectivity index (χ2n) is 6.47. The second-order valence-corrected chi connectivity index (χ2v) is 8.55. The average molecular weight is 316 g/mol. The summed E-state index contributed by atoms with van der Waals surface area (Å²) in [7, 11) is -3.25. The molecule has 4 nitrogen and oxygen atoms in total. The van der Waals surface area contributed by atoms with E-state index in [1.165, 1.54) is 0 Å². The Morgan fingerprint density at radius 2 is 1.64 bits per heavy atom. The van der Waals surface area contributed by atoms with Gasteiger partial charge in [0.1, 0.15) is 0 Å². The molecule has 1 heterocycles. The Kier molecular flexibility index (Phi) is 2.77. The highest BCUT2D eigenvalue weighted by atomic mass is 32.2. The van der Waals surface area contributed by atoms with Crippen LogP contribution in [0, 0.1) is 17.8 Å². The van der Waals surface area contributed by atoms with Gasteiger partial charge in [-0.05, 0) is 19.8 Å². The topological polar surface area (TPSA) is 68.3 Å². The van der Waals surface area contributed by atoms with Gasteiger partial charge in [-0.2, -0.15) is 0 Å². The normalized spacial score (nSPS) is 32.5. The van der Waals surface area contributed by atoms with Crippen molar-refractivity contribution in [3.8, 4) is 0 Å². The molecule has 1 fully saturated rings. The molecule has 0 spiro atoms. The minimum Gasteiger partial charge on any atom is -0.294 e. The van der Waals surface area contributed by atoms with Crippen LogP contribution in [0.4, 0.5) is 0 Å². The van der Waals surface area contributed by atoms with Crippen molar-refractivity contribution in [3.05, 3.63) is 45.9 Å². The third kappa shape index (κ3) is 1.66. The highest BCUT2D eigenvalue weighted by molar-refractivity contribution is 7.95. The Hall–Kier alpha value is -1.75. The fourth-order valence-corrected chi connectivity index (χ4v) is 6.55.